The molecule has 4 heteroatoms. The zero-order chi connectivity index (χ0) is 12.3. The van der Waals surface area contributed by atoms with Crippen molar-refractivity contribution < 1.29 is 0 Å². The monoisotopic (exact) mass is 236 g/mol. The van der Waals surface area contributed by atoms with Gasteiger partial charge in [0.2, 0.25) is 0 Å². The minimum atomic E-state index is 0.463. The molecule has 0 unspecified atom stereocenters. The summed E-state index contributed by atoms with van der Waals surface area (Å²) in [5.74, 6) is 0. The molecule has 0 radical (unpaired) electrons. The highest BCUT2D eigenvalue weighted by Gasteiger charge is 2.28. The van der Waals surface area contributed by atoms with Gasteiger partial charge in [-0.15, -0.1) is 0 Å². The van der Waals surface area contributed by atoms with Crippen molar-refractivity contribution in [2.45, 2.75) is 26.3 Å². The highest BCUT2D eigenvalue weighted by Crippen LogP contribution is 2.29. The first-order valence-corrected chi connectivity index (χ1v) is 6.45. The Morgan fingerprint density at radius 3 is 2.65 bits per heavy atom. The van der Waals surface area contributed by atoms with E-state index in [4.69, 9.17) is 0 Å². The van der Waals surface area contributed by atoms with Crippen molar-refractivity contribution in [2.75, 3.05) is 26.7 Å². The minimum Gasteiger partial charge on any atom is -0.311 e. The maximum absolute atomic E-state index is 4.18. The molecular formula is C13H24N4. The summed E-state index contributed by atoms with van der Waals surface area (Å²) in [6, 6.07) is 2.07. The molecule has 0 atom stereocenters. The van der Waals surface area contributed by atoms with Gasteiger partial charge in [0.1, 0.15) is 0 Å². The Morgan fingerprint density at radius 1 is 1.35 bits per heavy atom. The molecule has 1 saturated heterocycles. The Hall–Kier alpha value is -0.870. The van der Waals surface area contributed by atoms with Crippen molar-refractivity contribution in [2.24, 2.45) is 12.5 Å². The predicted molar refractivity (Wildman–Crippen MR) is 69.8 cm³/mol. The second kappa shape index (κ2) is 5.19. The van der Waals surface area contributed by atoms with Gasteiger partial charge in [0.05, 0.1) is 5.69 Å². The number of nitrogens with one attached hydrogen (secondary N) is 1. The van der Waals surface area contributed by atoms with Gasteiger partial charge in [-0.25, -0.2) is 0 Å². The van der Waals surface area contributed by atoms with Crippen LogP contribution in [0.5, 0.6) is 0 Å². The van der Waals surface area contributed by atoms with Crippen LogP contribution < -0.4 is 5.32 Å². The van der Waals surface area contributed by atoms with Gasteiger partial charge in [0, 0.05) is 26.3 Å². The summed E-state index contributed by atoms with van der Waals surface area (Å²) < 4.78 is 1.93. The van der Waals surface area contributed by atoms with Crippen molar-refractivity contribution in [3.05, 3.63) is 18.0 Å². The second-order valence-electron chi connectivity index (χ2n) is 5.66. The summed E-state index contributed by atoms with van der Waals surface area (Å²) in [7, 11) is 4.21. The van der Waals surface area contributed by atoms with Gasteiger partial charge in [0.15, 0.2) is 0 Å². The van der Waals surface area contributed by atoms with Crippen molar-refractivity contribution in [3.8, 4) is 0 Å². The summed E-state index contributed by atoms with van der Waals surface area (Å²) in [5, 5.41) is 7.75. The van der Waals surface area contributed by atoms with Crippen LogP contribution in [-0.2, 0) is 13.6 Å². The molecule has 1 aliphatic rings. The SMILES string of the molecule is CN1CCC(C)(CNCc2ccnn2C)CC1. The van der Waals surface area contributed by atoms with Crippen LogP contribution >= 0.6 is 0 Å². The Balaban J connectivity index is 1.76. The lowest BCUT2D eigenvalue weighted by Gasteiger charge is -2.38. The fraction of sp³-hybridized carbons (Fsp3) is 0.769. The van der Waals surface area contributed by atoms with E-state index in [1.165, 1.54) is 31.6 Å². The molecule has 0 bridgehead atoms. The van der Waals surface area contributed by atoms with Gasteiger partial charge in [-0.3, -0.25) is 4.68 Å². The fourth-order valence-corrected chi connectivity index (χ4v) is 2.40. The number of hydrogen-bond donors (Lipinski definition) is 1. The highest BCUT2D eigenvalue weighted by molar-refractivity contribution is 4.99. The fourth-order valence-electron chi connectivity index (χ4n) is 2.40. The molecule has 0 aliphatic carbocycles. The third kappa shape index (κ3) is 3.30. The second-order valence-corrected chi connectivity index (χ2v) is 5.66. The average Bonchev–Trinajstić information content (AvgIpc) is 2.70. The van der Waals surface area contributed by atoms with Crippen LogP contribution in [0, 0.1) is 5.41 Å². The summed E-state index contributed by atoms with van der Waals surface area (Å²) >= 11 is 0. The van der Waals surface area contributed by atoms with Crippen LogP contribution in [0.4, 0.5) is 0 Å². The lowest BCUT2D eigenvalue weighted by molar-refractivity contribution is 0.136. The van der Waals surface area contributed by atoms with Gasteiger partial charge in [-0.2, -0.15) is 5.10 Å². The molecule has 1 N–H and O–H groups in total. The highest BCUT2D eigenvalue weighted by atomic mass is 15.3. The molecule has 0 spiro atoms. The maximum atomic E-state index is 4.18. The van der Waals surface area contributed by atoms with Crippen LogP contribution in [-0.4, -0.2) is 41.4 Å². The van der Waals surface area contributed by atoms with E-state index in [0.29, 0.717) is 5.41 Å². The quantitative estimate of drug-likeness (QED) is 0.854. The van der Waals surface area contributed by atoms with Gasteiger partial charge >= 0.3 is 0 Å². The number of likely N-dealkylation sites (tertiary alicyclic amines) is 1. The van der Waals surface area contributed by atoms with Crippen LogP contribution in [0.15, 0.2) is 12.3 Å². The van der Waals surface area contributed by atoms with Crippen molar-refractivity contribution in [3.63, 3.8) is 0 Å². The number of nitrogens with zero attached hydrogens (tertiary/aromatic N) is 3. The number of hydrogen-bond acceptors (Lipinski definition) is 3. The summed E-state index contributed by atoms with van der Waals surface area (Å²) in [6.45, 7) is 6.87. The molecule has 2 rings (SSSR count). The maximum Gasteiger partial charge on any atom is 0.0518 e. The van der Waals surface area contributed by atoms with E-state index in [9.17, 15) is 0 Å². The molecule has 17 heavy (non-hydrogen) atoms. The van der Waals surface area contributed by atoms with E-state index in [0.717, 1.165) is 13.1 Å². The van der Waals surface area contributed by atoms with E-state index in [2.05, 4.69) is 35.4 Å². The molecule has 1 fully saturated rings. The van der Waals surface area contributed by atoms with Gasteiger partial charge in [-0.1, -0.05) is 6.92 Å². The smallest absolute Gasteiger partial charge is 0.0518 e. The number of rotatable bonds is 4. The van der Waals surface area contributed by atoms with Gasteiger partial charge < -0.3 is 10.2 Å². The normalized spacial score (nSPS) is 20.6. The van der Waals surface area contributed by atoms with Crippen molar-refractivity contribution >= 4 is 0 Å². The largest absolute Gasteiger partial charge is 0.311 e. The van der Waals surface area contributed by atoms with Crippen LogP contribution in [0.3, 0.4) is 0 Å². The predicted octanol–water partition coefficient (Wildman–Crippen LogP) is 1.24. The van der Waals surface area contributed by atoms with Crippen LogP contribution in [0.1, 0.15) is 25.5 Å². The molecule has 96 valence electrons. The molecule has 1 aromatic rings. The van der Waals surface area contributed by atoms with Crippen LogP contribution in [0.25, 0.3) is 0 Å². The lowest BCUT2D eigenvalue weighted by Crippen LogP contribution is -2.42. The lowest BCUT2D eigenvalue weighted by atomic mass is 9.80. The third-order valence-corrected chi connectivity index (χ3v) is 3.97. The number of aromatic nitrogens is 2. The summed E-state index contributed by atoms with van der Waals surface area (Å²) in [6.07, 6.45) is 4.44. The molecule has 0 saturated carbocycles. The van der Waals surface area contributed by atoms with Gasteiger partial charge in [-0.05, 0) is 44.5 Å². The molecule has 1 aromatic heterocycles. The van der Waals surface area contributed by atoms with Crippen LogP contribution in [0.2, 0.25) is 0 Å². The molecule has 0 amide bonds. The number of piperidine rings is 1. The zero-order valence-corrected chi connectivity index (χ0v) is 11.2. The zero-order valence-electron chi connectivity index (χ0n) is 11.2. The first-order valence-electron chi connectivity index (χ1n) is 6.45. The third-order valence-electron chi connectivity index (χ3n) is 3.97. The van der Waals surface area contributed by atoms with E-state index in [-0.39, 0.29) is 0 Å². The average molecular weight is 236 g/mol. The van der Waals surface area contributed by atoms with E-state index in [1.807, 2.05) is 17.9 Å². The molecule has 1 aliphatic heterocycles. The Kier molecular flexibility index (Phi) is 3.84. The molecule has 2 heterocycles. The molecule has 4 nitrogen and oxygen atoms in total. The summed E-state index contributed by atoms with van der Waals surface area (Å²) in [5.41, 5.74) is 1.71. The van der Waals surface area contributed by atoms with Crippen molar-refractivity contribution in [1.29, 1.82) is 0 Å². The molecular weight excluding hydrogens is 212 g/mol. The van der Waals surface area contributed by atoms with E-state index < -0.39 is 0 Å². The summed E-state index contributed by atoms with van der Waals surface area (Å²) in [4.78, 5) is 2.42. The Morgan fingerprint density at radius 2 is 2.06 bits per heavy atom. The topological polar surface area (TPSA) is 33.1 Å². The van der Waals surface area contributed by atoms with Crippen molar-refractivity contribution in [1.82, 2.24) is 20.0 Å². The Labute approximate surface area is 104 Å². The Bertz CT molecular complexity index is 350. The number of aryl methyl sites for hydroxylation is 1. The minimum absolute atomic E-state index is 0.463. The first-order chi connectivity index (χ1) is 8.09. The van der Waals surface area contributed by atoms with E-state index >= 15 is 0 Å². The standard InChI is InChI=1S/C13H24N4/c1-13(5-8-16(2)9-6-13)11-14-10-12-4-7-15-17(12)3/h4,7,14H,5-6,8-11H2,1-3H3. The molecule has 0 aromatic carbocycles. The van der Waals surface area contributed by atoms with Gasteiger partial charge in [0.25, 0.3) is 0 Å². The van der Waals surface area contributed by atoms with E-state index in [1.54, 1.807) is 0 Å². The first kappa shape index (κ1) is 12.6.